The third kappa shape index (κ3) is 3.39. The van der Waals surface area contributed by atoms with Crippen LogP contribution in [0.3, 0.4) is 0 Å². The van der Waals surface area contributed by atoms with Crippen molar-refractivity contribution in [2.24, 2.45) is 0 Å². The van der Waals surface area contributed by atoms with Crippen LogP contribution in [-0.4, -0.2) is 15.6 Å². The number of aromatic nitrogens is 2. The van der Waals surface area contributed by atoms with Crippen molar-refractivity contribution in [1.82, 2.24) is 9.66 Å². The number of carbonyl (C=O) groups is 1. The summed E-state index contributed by atoms with van der Waals surface area (Å²) in [6.45, 7) is 2.03. The molecule has 0 atom stereocenters. The number of aromatic amines is 1. The summed E-state index contributed by atoms with van der Waals surface area (Å²) in [7, 11) is 0. The predicted octanol–water partition coefficient (Wildman–Crippen LogP) is 4.80. The van der Waals surface area contributed by atoms with Crippen molar-refractivity contribution < 1.29 is 4.79 Å². The van der Waals surface area contributed by atoms with E-state index in [9.17, 15) is 9.59 Å². The van der Waals surface area contributed by atoms with Gasteiger partial charge in [-0.05, 0) is 36.3 Å². The molecule has 0 unspecified atom stereocenters. The van der Waals surface area contributed by atoms with Gasteiger partial charge in [0, 0.05) is 15.1 Å². The van der Waals surface area contributed by atoms with Crippen LogP contribution >= 0.6 is 34.9 Å². The number of aryl methyl sites for hydroxylation is 1. The summed E-state index contributed by atoms with van der Waals surface area (Å²) >= 11 is 8.27. The first-order valence-electron chi connectivity index (χ1n) is 8.30. The standard InChI is InChI=1S/C19H15N3O2S3/c1-2-13-8-12(10-26-13)16(23)21-22-18(24)14-9-15(11-6-4-3-5-7-11)27-17(14)20-19(22)25/h3-10H,2H2,1H3,(H,20,25)(H,21,23). The minimum Gasteiger partial charge on any atom is -0.322 e. The van der Waals surface area contributed by atoms with Crippen molar-refractivity contribution in [3.63, 3.8) is 0 Å². The van der Waals surface area contributed by atoms with Gasteiger partial charge in [-0.2, -0.15) is 4.68 Å². The summed E-state index contributed by atoms with van der Waals surface area (Å²) in [4.78, 5) is 31.2. The molecular weight excluding hydrogens is 398 g/mol. The molecule has 0 aliphatic heterocycles. The normalized spacial score (nSPS) is 11.0. The predicted molar refractivity (Wildman–Crippen MR) is 114 cm³/mol. The molecule has 27 heavy (non-hydrogen) atoms. The molecular formula is C19H15N3O2S3. The number of nitrogens with zero attached hydrogens (tertiary/aromatic N) is 1. The molecule has 4 rings (SSSR count). The van der Waals surface area contributed by atoms with Crippen LogP contribution in [0.5, 0.6) is 0 Å². The molecule has 0 aliphatic rings. The summed E-state index contributed by atoms with van der Waals surface area (Å²) in [5.74, 6) is -0.356. The van der Waals surface area contributed by atoms with E-state index in [4.69, 9.17) is 12.2 Å². The molecule has 2 N–H and O–H groups in total. The Bertz CT molecular complexity index is 1250. The summed E-state index contributed by atoms with van der Waals surface area (Å²) in [6, 6.07) is 13.5. The molecule has 4 aromatic rings. The fourth-order valence-corrected chi connectivity index (χ4v) is 4.87. The third-order valence-corrected chi connectivity index (χ3v) is 6.59. The Morgan fingerprint density at radius 2 is 2.04 bits per heavy atom. The molecule has 8 heteroatoms. The highest BCUT2D eigenvalue weighted by atomic mass is 32.1. The van der Waals surface area contributed by atoms with E-state index in [1.165, 1.54) is 22.7 Å². The summed E-state index contributed by atoms with van der Waals surface area (Å²) in [6.07, 6.45) is 0.862. The molecule has 0 saturated heterocycles. The van der Waals surface area contributed by atoms with Gasteiger partial charge in [0.25, 0.3) is 11.5 Å². The molecule has 0 aliphatic carbocycles. The van der Waals surface area contributed by atoms with Gasteiger partial charge in [0.15, 0.2) is 0 Å². The zero-order chi connectivity index (χ0) is 19.0. The number of carbonyl (C=O) groups excluding carboxylic acids is 1. The lowest BCUT2D eigenvalue weighted by atomic mass is 10.2. The maximum atomic E-state index is 12.9. The molecule has 1 amide bonds. The van der Waals surface area contributed by atoms with Gasteiger partial charge in [-0.1, -0.05) is 37.3 Å². The van der Waals surface area contributed by atoms with E-state index in [2.05, 4.69) is 10.4 Å². The van der Waals surface area contributed by atoms with Gasteiger partial charge in [0.2, 0.25) is 4.77 Å². The lowest BCUT2D eigenvalue weighted by Gasteiger charge is -2.07. The highest BCUT2D eigenvalue weighted by Gasteiger charge is 2.14. The molecule has 0 bridgehead atoms. The smallest absolute Gasteiger partial charge is 0.282 e. The van der Waals surface area contributed by atoms with Gasteiger partial charge >= 0.3 is 0 Å². The van der Waals surface area contributed by atoms with Gasteiger partial charge in [-0.25, -0.2) is 0 Å². The van der Waals surface area contributed by atoms with Crippen LogP contribution in [0.4, 0.5) is 0 Å². The molecule has 136 valence electrons. The van der Waals surface area contributed by atoms with E-state index >= 15 is 0 Å². The van der Waals surface area contributed by atoms with Gasteiger partial charge in [-0.3, -0.25) is 15.0 Å². The monoisotopic (exact) mass is 413 g/mol. The van der Waals surface area contributed by atoms with E-state index < -0.39 is 0 Å². The van der Waals surface area contributed by atoms with E-state index in [0.29, 0.717) is 15.8 Å². The van der Waals surface area contributed by atoms with E-state index in [1.54, 1.807) is 5.38 Å². The second kappa shape index (κ2) is 7.22. The number of hydrogen-bond acceptors (Lipinski definition) is 5. The molecule has 1 aromatic carbocycles. The third-order valence-electron chi connectivity index (χ3n) is 4.13. The average Bonchev–Trinajstić information content (AvgIpc) is 3.33. The second-order valence-corrected chi connectivity index (χ2v) is 8.32. The highest BCUT2D eigenvalue weighted by Crippen LogP contribution is 2.30. The van der Waals surface area contributed by atoms with Crippen molar-refractivity contribution in [1.29, 1.82) is 0 Å². The Morgan fingerprint density at radius 3 is 2.74 bits per heavy atom. The van der Waals surface area contributed by atoms with Crippen molar-refractivity contribution in [3.8, 4) is 10.4 Å². The SMILES string of the molecule is CCc1cc(C(=O)Nn2c(=S)[nH]c3sc(-c4ccccc4)cc3c2=O)cs1. The van der Waals surface area contributed by atoms with Crippen molar-refractivity contribution >= 4 is 51.0 Å². The zero-order valence-corrected chi connectivity index (χ0v) is 16.8. The Morgan fingerprint density at radius 1 is 1.26 bits per heavy atom. The Kier molecular flexibility index (Phi) is 4.77. The fraction of sp³-hybridized carbons (Fsp3) is 0.105. The first-order chi connectivity index (χ1) is 13.1. The van der Waals surface area contributed by atoms with E-state index in [0.717, 1.165) is 26.4 Å². The number of amides is 1. The number of nitrogens with one attached hydrogen (secondary N) is 2. The van der Waals surface area contributed by atoms with Crippen LogP contribution in [0.25, 0.3) is 20.7 Å². The largest absolute Gasteiger partial charge is 0.322 e. The lowest BCUT2D eigenvalue weighted by Crippen LogP contribution is -2.34. The number of rotatable bonds is 4. The molecule has 0 radical (unpaired) electrons. The number of hydrogen-bond donors (Lipinski definition) is 2. The van der Waals surface area contributed by atoms with Crippen molar-refractivity contribution in [2.45, 2.75) is 13.3 Å². The second-order valence-electron chi connectivity index (χ2n) is 5.89. The van der Waals surface area contributed by atoms with Crippen molar-refractivity contribution in [3.05, 3.63) is 73.4 Å². The molecule has 0 spiro atoms. The van der Waals surface area contributed by atoms with Crippen LogP contribution in [-0.2, 0) is 6.42 Å². The lowest BCUT2D eigenvalue weighted by molar-refractivity contribution is 0.101. The average molecular weight is 414 g/mol. The Labute approximate surface area is 167 Å². The summed E-state index contributed by atoms with van der Waals surface area (Å²) in [5.41, 5.74) is 3.82. The number of thiophene rings is 2. The van der Waals surface area contributed by atoms with Crippen LogP contribution in [0.15, 0.2) is 52.6 Å². The van der Waals surface area contributed by atoms with Gasteiger partial charge < -0.3 is 4.98 Å². The number of benzene rings is 1. The zero-order valence-electron chi connectivity index (χ0n) is 14.3. The highest BCUT2D eigenvalue weighted by molar-refractivity contribution is 7.71. The molecule has 0 saturated carbocycles. The quantitative estimate of drug-likeness (QED) is 0.473. The van der Waals surface area contributed by atoms with Crippen LogP contribution < -0.4 is 11.0 Å². The number of fused-ring (bicyclic) bond motifs is 1. The summed E-state index contributed by atoms with van der Waals surface area (Å²) in [5, 5.41) is 2.27. The minimum absolute atomic E-state index is 0.160. The van der Waals surface area contributed by atoms with Gasteiger partial charge in [0.1, 0.15) is 4.83 Å². The van der Waals surface area contributed by atoms with Crippen LogP contribution in [0.1, 0.15) is 22.2 Å². The van der Waals surface area contributed by atoms with Gasteiger partial charge in [-0.15, -0.1) is 22.7 Å². The summed E-state index contributed by atoms with van der Waals surface area (Å²) < 4.78 is 1.26. The van der Waals surface area contributed by atoms with Crippen molar-refractivity contribution in [2.75, 3.05) is 5.43 Å². The maximum Gasteiger partial charge on any atom is 0.282 e. The topological polar surface area (TPSA) is 66.9 Å². The van der Waals surface area contributed by atoms with E-state index in [-0.39, 0.29) is 16.2 Å². The van der Waals surface area contributed by atoms with Crippen LogP contribution in [0, 0.1) is 4.77 Å². The number of H-pyrrole nitrogens is 1. The van der Waals surface area contributed by atoms with Crippen LogP contribution in [0.2, 0.25) is 0 Å². The minimum atomic E-state index is -0.356. The maximum absolute atomic E-state index is 12.9. The molecule has 0 fully saturated rings. The first kappa shape index (κ1) is 17.8. The fourth-order valence-electron chi connectivity index (χ4n) is 2.71. The molecule has 3 aromatic heterocycles. The van der Waals surface area contributed by atoms with Gasteiger partial charge in [0.05, 0.1) is 10.9 Å². The molecule has 5 nitrogen and oxygen atoms in total. The van der Waals surface area contributed by atoms with E-state index in [1.807, 2.05) is 49.4 Å². The first-order valence-corrected chi connectivity index (χ1v) is 10.4. The Balaban J connectivity index is 1.74. The molecule has 3 heterocycles. The Hall–Kier alpha value is -2.55.